The third kappa shape index (κ3) is 3.83. The van der Waals surface area contributed by atoms with E-state index in [0.29, 0.717) is 11.9 Å². The molecule has 1 aliphatic carbocycles. The van der Waals surface area contributed by atoms with Crippen molar-refractivity contribution in [1.29, 1.82) is 0 Å². The maximum absolute atomic E-state index is 12.9. The molecule has 1 aromatic heterocycles. The first-order valence-corrected chi connectivity index (χ1v) is 11.4. The summed E-state index contributed by atoms with van der Waals surface area (Å²) in [5.41, 5.74) is 2.03. The number of carbonyl (C=O) groups is 1. The van der Waals surface area contributed by atoms with Crippen LogP contribution in [0, 0.1) is 0 Å². The third-order valence-electron chi connectivity index (χ3n) is 7.08. The summed E-state index contributed by atoms with van der Waals surface area (Å²) in [6.45, 7) is 6.64. The van der Waals surface area contributed by atoms with Crippen LogP contribution in [0.4, 0.5) is 5.69 Å². The number of nitrogens with zero attached hydrogens (tertiary/aromatic N) is 5. The summed E-state index contributed by atoms with van der Waals surface area (Å²) in [7, 11) is 0. The van der Waals surface area contributed by atoms with E-state index in [1.54, 1.807) is 6.33 Å². The molecule has 1 aromatic carbocycles. The van der Waals surface area contributed by atoms with Crippen molar-refractivity contribution in [3.63, 3.8) is 0 Å². The number of hydrogen-bond acceptors (Lipinski definition) is 5. The maximum Gasteiger partial charge on any atom is 0.261 e. The van der Waals surface area contributed by atoms with Crippen molar-refractivity contribution in [2.75, 3.05) is 50.7 Å². The molecule has 3 aliphatic rings. The van der Waals surface area contributed by atoms with Gasteiger partial charge in [-0.3, -0.25) is 19.1 Å². The van der Waals surface area contributed by atoms with Crippen LogP contribution in [-0.2, 0) is 4.79 Å². The van der Waals surface area contributed by atoms with Crippen molar-refractivity contribution in [1.82, 2.24) is 19.4 Å². The summed E-state index contributed by atoms with van der Waals surface area (Å²) in [6.07, 6.45) is 8.05. The van der Waals surface area contributed by atoms with Gasteiger partial charge in [-0.1, -0.05) is 12.8 Å². The molecule has 0 atom stereocenters. The highest BCUT2D eigenvalue weighted by Gasteiger charge is 2.23. The Hall–Kier alpha value is -2.41. The molecule has 30 heavy (non-hydrogen) atoms. The van der Waals surface area contributed by atoms with Crippen LogP contribution in [0.25, 0.3) is 10.9 Å². The lowest BCUT2D eigenvalue weighted by Gasteiger charge is -2.36. The summed E-state index contributed by atoms with van der Waals surface area (Å²) in [5.74, 6) is 0.310. The molecule has 160 valence electrons. The Balaban J connectivity index is 1.23. The van der Waals surface area contributed by atoms with E-state index in [0.717, 1.165) is 88.1 Å². The van der Waals surface area contributed by atoms with Crippen molar-refractivity contribution in [2.24, 2.45) is 0 Å². The van der Waals surface area contributed by atoms with E-state index >= 15 is 0 Å². The molecule has 2 aromatic rings. The zero-order valence-corrected chi connectivity index (χ0v) is 17.6. The van der Waals surface area contributed by atoms with Gasteiger partial charge in [0.05, 0.1) is 17.2 Å². The Bertz CT molecular complexity index is 973. The van der Waals surface area contributed by atoms with Crippen LogP contribution in [0.2, 0.25) is 0 Å². The lowest BCUT2D eigenvalue weighted by Crippen LogP contribution is -2.48. The van der Waals surface area contributed by atoms with Gasteiger partial charge in [-0.2, -0.15) is 0 Å². The van der Waals surface area contributed by atoms with Crippen LogP contribution in [0.1, 0.15) is 44.6 Å². The van der Waals surface area contributed by atoms with Crippen molar-refractivity contribution in [2.45, 2.75) is 44.6 Å². The molecule has 2 aliphatic heterocycles. The Morgan fingerprint density at radius 3 is 2.47 bits per heavy atom. The van der Waals surface area contributed by atoms with Gasteiger partial charge < -0.3 is 9.80 Å². The minimum absolute atomic E-state index is 0.0970. The molecular weight excluding hydrogens is 378 g/mol. The quantitative estimate of drug-likeness (QED) is 0.758. The number of aromatic nitrogens is 2. The van der Waals surface area contributed by atoms with E-state index in [1.807, 2.05) is 15.5 Å². The molecule has 0 bridgehead atoms. The largest absolute Gasteiger partial charge is 0.369 e. The molecule has 7 heteroatoms. The molecule has 3 fully saturated rings. The first kappa shape index (κ1) is 19.5. The zero-order valence-electron chi connectivity index (χ0n) is 17.6. The summed E-state index contributed by atoms with van der Waals surface area (Å²) in [5, 5.41) is 0.724. The molecule has 1 saturated carbocycles. The van der Waals surface area contributed by atoms with Gasteiger partial charge in [-0.15, -0.1) is 0 Å². The van der Waals surface area contributed by atoms with Crippen molar-refractivity contribution < 1.29 is 4.79 Å². The van der Waals surface area contributed by atoms with Crippen molar-refractivity contribution >= 4 is 22.5 Å². The summed E-state index contributed by atoms with van der Waals surface area (Å²) in [4.78, 5) is 36.2. The predicted octanol–water partition coefficient (Wildman–Crippen LogP) is 2.26. The molecule has 0 unspecified atom stereocenters. The third-order valence-corrected chi connectivity index (χ3v) is 7.08. The average molecular weight is 410 g/mol. The molecule has 0 N–H and O–H groups in total. The normalized spacial score (nSPS) is 21.3. The number of hydrogen-bond donors (Lipinski definition) is 0. The van der Waals surface area contributed by atoms with Gasteiger partial charge in [0.15, 0.2) is 0 Å². The molecule has 5 rings (SSSR count). The second-order valence-corrected chi connectivity index (χ2v) is 8.91. The standard InChI is InChI=1S/C23H31N5O2/c29-22-6-3-9-27(22)15-12-25-10-13-26(14-11-25)19-7-8-20-21(16-19)24-17-28(23(20)30)18-4-1-2-5-18/h7-8,16-18H,1-6,9-15H2. The maximum atomic E-state index is 12.9. The van der Waals surface area contributed by atoms with Crippen LogP contribution in [0.5, 0.6) is 0 Å². The Morgan fingerprint density at radius 1 is 0.933 bits per heavy atom. The van der Waals surface area contributed by atoms with E-state index in [9.17, 15) is 9.59 Å². The zero-order chi connectivity index (χ0) is 20.5. The van der Waals surface area contributed by atoms with Gasteiger partial charge in [-0.05, 0) is 37.5 Å². The molecular formula is C23H31N5O2. The minimum Gasteiger partial charge on any atom is -0.369 e. The molecule has 0 radical (unpaired) electrons. The number of likely N-dealkylation sites (tertiary alicyclic amines) is 1. The van der Waals surface area contributed by atoms with Gasteiger partial charge in [0, 0.05) is 64.0 Å². The van der Waals surface area contributed by atoms with Crippen molar-refractivity contribution in [3.05, 3.63) is 34.9 Å². The van der Waals surface area contributed by atoms with Crippen LogP contribution < -0.4 is 10.5 Å². The summed E-state index contributed by atoms with van der Waals surface area (Å²) >= 11 is 0. The van der Waals surface area contributed by atoms with Gasteiger partial charge in [0.25, 0.3) is 5.56 Å². The topological polar surface area (TPSA) is 61.7 Å². The molecule has 3 heterocycles. The molecule has 7 nitrogen and oxygen atoms in total. The summed E-state index contributed by atoms with van der Waals surface area (Å²) in [6, 6.07) is 6.41. The fourth-order valence-corrected chi connectivity index (χ4v) is 5.20. The lowest BCUT2D eigenvalue weighted by atomic mass is 10.1. The highest BCUT2D eigenvalue weighted by molar-refractivity contribution is 5.81. The highest BCUT2D eigenvalue weighted by Crippen LogP contribution is 2.28. The van der Waals surface area contributed by atoms with E-state index in [-0.39, 0.29) is 5.56 Å². The van der Waals surface area contributed by atoms with E-state index in [2.05, 4.69) is 26.9 Å². The van der Waals surface area contributed by atoms with Gasteiger partial charge in [0.1, 0.15) is 0 Å². The van der Waals surface area contributed by atoms with Crippen LogP contribution in [0.3, 0.4) is 0 Å². The smallest absolute Gasteiger partial charge is 0.261 e. The average Bonchev–Trinajstić information content (AvgIpc) is 3.45. The number of rotatable bonds is 5. The number of amides is 1. The lowest BCUT2D eigenvalue weighted by molar-refractivity contribution is -0.127. The number of carbonyl (C=O) groups excluding carboxylic acids is 1. The van der Waals surface area contributed by atoms with Gasteiger partial charge in [-0.25, -0.2) is 4.98 Å². The number of benzene rings is 1. The fourth-order valence-electron chi connectivity index (χ4n) is 5.20. The van der Waals surface area contributed by atoms with E-state index in [1.165, 1.54) is 12.8 Å². The van der Waals surface area contributed by atoms with Gasteiger partial charge in [0.2, 0.25) is 5.91 Å². The summed E-state index contributed by atoms with van der Waals surface area (Å²) < 4.78 is 1.85. The number of anilines is 1. The molecule has 2 saturated heterocycles. The van der Waals surface area contributed by atoms with Gasteiger partial charge >= 0.3 is 0 Å². The Labute approximate surface area is 177 Å². The fraction of sp³-hybridized carbons (Fsp3) is 0.609. The number of piperazine rings is 1. The van der Waals surface area contributed by atoms with Crippen LogP contribution in [0.15, 0.2) is 29.3 Å². The second-order valence-electron chi connectivity index (χ2n) is 8.91. The second kappa shape index (κ2) is 8.38. The van der Waals surface area contributed by atoms with Crippen LogP contribution >= 0.6 is 0 Å². The first-order valence-electron chi connectivity index (χ1n) is 11.4. The molecule has 0 spiro atoms. The number of fused-ring (bicyclic) bond motifs is 1. The SMILES string of the molecule is O=C1CCCN1CCN1CCN(c2ccc3c(=O)n(C4CCCC4)cnc3c2)CC1. The first-order chi connectivity index (χ1) is 14.7. The van der Waals surface area contributed by atoms with E-state index < -0.39 is 0 Å². The highest BCUT2D eigenvalue weighted by atomic mass is 16.2. The molecule has 1 amide bonds. The van der Waals surface area contributed by atoms with E-state index in [4.69, 9.17) is 0 Å². The minimum atomic E-state index is 0.0970. The Kier molecular flexibility index (Phi) is 5.46. The predicted molar refractivity (Wildman–Crippen MR) is 118 cm³/mol. The Morgan fingerprint density at radius 2 is 1.73 bits per heavy atom. The monoisotopic (exact) mass is 409 g/mol. The van der Waals surface area contributed by atoms with Crippen LogP contribution in [-0.4, -0.2) is 71.1 Å². The van der Waals surface area contributed by atoms with Crippen molar-refractivity contribution in [3.8, 4) is 0 Å².